The van der Waals surface area contributed by atoms with Gasteiger partial charge < -0.3 is 15.0 Å². The maximum absolute atomic E-state index is 11.7. The molecule has 0 bridgehead atoms. The van der Waals surface area contributed by atoms with Crippen LogP contribution in [-0.4, -0.2) is 44.6 Å². The lowest BCUT2D eigenvalue weighted by Crippen LogP contribution is -2.33. The Labute approximate surface area is 121 Å². The normalized spacial score (nSPS) is 9.63. The van der Waals surface area contributed by atoms with Crippen molar-refractivity contribution in [2.24, 2.45) is 0 Å². The number of hydrogen-bond acceptors (Lipinski definition) is 3. The average Bonchev–Trinajstić information content (AvgIpc) is 2.35. The summed E-state index contributed by atoms with van der Waals surface area (Å²) in [5.74, 6) is 0.929. The van der Waals surface area contributed by atoms with Gasteiger partial charge >= 0.3 is 0 Å². The van der Waals surface area contributed by atoms with E-state index in [1.54, 1.807) is 4.90 Å². The number of aryl methyl sites for hydroxylation is 1. The summed E-state index contributed by atoms with van der Waals surface area (Å²) in [4.78, 5) is 13.4. The van der Waals surface area contributed by atoms with Crippen LogP contribution < -0.4 is 10.1 Å². The fraction of sp³-hybridized carbons (Fsp3) is 0.500. The minimum Gasteiger partial charge on any atom is -0.493 e. The zero-order valence-electron chi connectivity index (χ0n) is 11.8. The van der Waals surface area contributed by atoms with Crippen LogP contribution in [0.2, 0.25) is 0 Å². The highest BCUT2D eigenvalue weighted by Crippen LogP contribution is 2.12. The smallest absolute Gasteiger partial charge is 0.225 e. The van der Waals surface area contributed by atoms with Gasteiger partial charge in [-0.15, -0.1) is 12.4 Å². The fourth-order valence-corrected chi connectivity index (χ4v) is 1.56. The Morgan fingerprint density at radius 3 is 2.79 bits per heavy atom. The highest BCUT2D eigenvalue weighted by molar-refractivity contribution is 5.85. The van der Waals surface area contributed by atoms with Crippen molar-refractivity contribution in [2.45, 2.75) is 13.3 Å². The molecule has 4 nitrogen and oxygen atoms in total. The van der Waals surface area contributed by atoms with Crippen LogP contribution in [0.15, 0.2) is 24.3 Å². The second kappa shape index (κ2) is 9.64. The summed E-state index contributed by atoms with van der Waals surface area (Å²) in [6.45, 7) is 3.97. The molecule has 108 valence electrons. The molecule has 1 rings (SSSR count). The molecule has 0 fully saturated rings. The molecule has 1 N–H and O–H groups in total. The fourth-order valence-electron chi connectivity index (χ4n) is 1.56. The van der Waals surface area contributed by atoms with Crippen molar-refractivity contribution in [1.82, 2.24) is 10.2 Å². The molecule has 19 heavy (non-hydrogen) atoms. The third-order valence-corrected chi connectivity index (χ3v) is 2.70. The zero-order chi connectivity index (χ0) is 13.4. The van der Waals surface area contributed by atoms with Gasteiger partial charge in [0.05, 0.1) is 13.0 Å². The minimum absolute atomic E-state index is 0. The van der Waals surface area contributed by atoms with E-state index in [0.29, 0.717) is 13.0 Å². The summed E-state index contributed by atoms with van der Waals surface area (Å²) in [6, 6.07) is 7.84. The summed E-state index contributed by atoms with van der Waals surface area (Å²) in [5, 5.41) is 3.02. The van der Waals surface area contributed by atoms with E-state index in [2.05, 4.69) is 5.32 Å². The molecule has 0 saturated heterocycles. The zero-order valence-corrected chi connectivity index (χ0v) is 12.6. The van der Waals surface area contributed by atoms with Crippen molar-refractivity contribution < 1.29 is 9.53 Å². The van der Waals surface area contributed by atoms with E-state index in [-0.39, 0.29) is 18.3 Å². The van der Waals surface area contributed by atoms with E-state index in [1.807, 2.05) is 45.3 Å². The van der Waals surface area contributed by atoms with Crippen LogP contribution in [0.3, 0.4) is 0 Å². The van der Waals surface area contributed by atoms with Crippen LogP contribution in [0.5, 0.6) is 5.75 Å². The molecular weight excluding hydrogens is 264 g/mol. The van der Waals surface area contributed by atoms with Crippen molar-refractivity contribution in [3.63, 3.8) is 0 Å². The highest BCUT2D eigenvalue weighted by Gasteiger charge is 2.07. The molecular formula is C14H23ClN2O2. The SMILES string of the molecule is CNCCN(C)C(=O)CCOc1cccc(C)c1.Cl. The number of rotatable bonds is 7. The average molecular weight is 287 g/mol. The van der Waals surface area contributed by atoms with Crippen LogP contribution in [0.1, 0.15) is 12.0 Å². The Kier molecular flexibility index (Phi) is 9.00. The first-order valence-corrected chi connectivity index (χ1v) is 6.21. The molecule has 0 atom stereocenters. The molecule has 1 aromatic carbocycles. The third kappa shape index (κ3) is 7.03. The Morgan fingerprint density at radius 1 is 1.42 bits per heavy atom. The van der Waals surface area contributed by atoms with Gasteiger partial charge in [-0.2, -0.15) is 0 Å². The number of carbonyl (C=O) groups excluding carboxylic acids is 1. The van der Waals surface area contributed by atoms with Crippen molar-refractivity contribution >= 4 is 18.3 Å². The molecule has 0 aliphatic rings. The van der Waals surface area contributed by atoms with E-state index in [0.717, 1.165) is 24.4 Å². The first-order valence-electron chi connectivity index (χ1n) is 6.21. The predicted molar refractivity (Wildman–Crippen MR) is 80.1 cm³/mol. The quantitative estimate of drug-likeness (QED) is 0.832. The first-order chi connectivity index (χ1) is 8.63. The lowest BCUT2D eigenvalue weighted by Gasteiger charge is -2.17. The van der Waals surface area contributed by atoms with E-state index in [9.17, 15) is 4.79 Å². The van der Waals surface area contributed by atoms with Gasteiger partial charge in [0.15, 0.2) is 0 Å². The van der Waals surface area contributed by atoms with Crippen LogP contribution in [0, 0.1) is 6.92 Å². The Hall–Kier alpha value is -1.26. The van der Waals surface area contributed by atoms with Crippen molar-refractivity contribution in [3.05, 3.63) is 29.8 Å². The topological polar surface area (TPSA) is 41.6 Å². The van der Waals surface area contributed by atoms with Gasteiger partial charge in [-0.1, -0.05) is 12.1 Å². The monoisotopic (exact) mass is 286 g/mol. The summed E-state index contributed by atoms with van der Waals surface area (Å²) in [5.41, 5.74) is 1.16. The number of amides is 1. The molecule has 0 aromatic heterocycles. The number of benzene rings is 1. The Morgan fingerprint density at radius 2 is 2.16 bits per heavy atom. The molecule has 1 aromatic rings. The van der Waals surface area contributed by atoms with Crippen LogP contribution in [0.4, 0.5) is 0 Å². The number of nitrogens with zero attached hydrogens (tertiary/aromatic N) is 1. The summed E-state index contributed by atoms with van der Waals surface area (Å²) in [7, 11) is 3.69. The largest absolute Gasteiger partial charge is 0.493 e. The number of carbonyl (C=O) groups is 1. The molecule has 0 aliphatic heterocycles. The third-order valence-electron chi connectivity index (χ3n) is 2.70. The number of hydrogen-bond donors (Lipinski definition) is 1. The van der Waals surface area contributed by atoms with Gasteiger partial charge in [-0.25, -0.2) is 0 Å². The van der Waals surface area contributed by atoms with Crippen molar-refractivity contribution in [1.29, 1.82) is 0 Å². The van der Waals surface area contributed by atoms with Crippen LogP contribution in [-0.2, 0) is 4.79 Å². The van der Waals surface area contributed by atoms with Crippen molar-refractivity contribution in [2.75, 3.05) is 33.8 Å². The molecule has 0 aliphatic carbocycles. The minimum atomic E-state index is 0. The van der Waals surface area contributed by atoms with E-state index >= 15 is 0 Å². The van der Waals surface area contributed by atoms with Gasteiger partial charge in [0.1, 0.15) is 5.75 Å². The second-order valence-corrected chi connectivity index (χ2v) is 4.33. The number of likely N-dealkylation sites (N-methyl/N-ethyl adjacent to an activating group) is 2. The summed E-state index contributed by atoms with van der Waals surface area (Å²) in [6.07, 6.45) is 0.411. The van der Waals surface area contributed by atoms with Crippen LogP contribution >= 0.6 is 12.4 Å². The molecule has 0 spiro atoms. The number of halogens is 1. The number of ether oxygens (including phenoxy) is 1. The standard InChI is InChI=1S/C14H22N2O2.ClH/c1-12-5-4-6-13(11-12)18-10-7-14(17)16(3)9-8-15-2;/h4-6,11,15H,7-10H2,1-3H3;1H. The van der Waals surface area contributed by atoms with Gasteiger partial charge in [0.25, 0.3) is 0 Å². The van der Waals surface area contributed by atoms with E-state index in [4.69, 9.17) is 4.74 Å². The second-order valence-electron chi connectivity index (χ2n) is 4.33. The summed E-state index contributed by atoms with van der Waals surface area (Å²) >= 11 is 0. The van der Waals surface area contributed by atoms with E-state index < -0.39 is 0 Å². The van der Waals surface area contributed by atoms with Gasteiger partial charge in [-0.05, 0) is 31.7 Å². The predicted octanol–water partition coefficient (Wildman–Crippen LogP) is 1.86. The summed E-state index contributed by atoms with van der Waals surface area (Å²) < 4.78 is 5.55. The molecule has 0 unspecified atom stereocenters. The molecule has 1 amide bonds. The Balaban J connectivity index is 0.00000324. The van der Waals surface area contributed by atoms with E-state index in [1.165, 1.54) is 0 Å². The maximum atomic E-state index is 11.7. The molecule has 0 radical (unpaired) electrons. The first kappa shape index (κ1) is 17.7. The lowest BCUT2D eigenvalue weighted by atomic mass is 10.2. The van der Waals surface area contributed by atoms with Gasteiger partial charge in [0.2, 0.25) is 5.91 Å². The molecule has 5 heteroatoms. The van der Waals surface area contributed by atoms with Crippen LogP contribution in [0.25, 0.3) is 0 Å². The molecule has 0 heterocycles. The number of nitrogens with one attached hydrogen (secondary N) is 1. The Bertz CT molecular complexity index is 385. The maximum Gasteiger partial charge on any atom is 0.225 e. The highest BCUT2D eigenvalue weighted by atomic mass is 35.5. The van der Waals surface area contributed by atoms with Gasteiger partial charge in [0, 0.05) is 20.1 Å². The van der Waals surface area contributed by atoms with Gasteiger partial charge in [-0.3, -0.25) is 4.79 Å². The van der Waals surface area contributed by atoms with Crippen molar-refractivity contribution in [3.8, 4) is 5.75 Å². The molecule has 0 saturated carbocycles. The lowest BCUT2D eigenvalue weighted by molar-refractivity contribution is -0.130.